The summed E-state index contributed by atoms with van der Waals surface area (Å²) in [6.07, 6.45) is 18.6. The van der Waals surface area contributed by atoms with E-state index in [1.165, 1.54) is 51.4 Å². The fraction of sp³-hybridized carbons (Fsp3) is 0.767. The number of carbonyl (C=O) groups is 1. The SMILES string of the molecule is C=C1/C(=C\C=C2/CCC[C@@]3(C)C2CC[C@@H]3[C@H](C)CCCC2CCCCC2=O)C[C@@H](O)C[C@@H]1O. The van der Waals surface area contributed by atoms with Crippen LogP contribution in [-0.4, -0.2) is 28.2 Å². The summed E-state index contributed by atoms with van der Waals surface area (Å²) in [6.45, 7) is 9.09. The lowest BCUT2D eigenvalue weighted by Gasteiger charge is -2.44. The molecule has 0 aromatic carbocycles. The Kier molecular flexibility index (Phi) is 8.01. The van der Waals surface area contributed by atoms with Gasteiger partial charge in [-0.3, -0.25) is 4.79 Å². The number of rotatable bonds is 6. The van der Waals surface area contributed by atoms with Gasteiger partial charge in [-0.2, -0.15) is 0 Å². The summed E-state index contributed by atoms with van der Waals surface area (Å²) in [5.41, 5.74) is 3.75. The third kappa shape index (κ3) is 5.40. The van der Waals surface area contributed by atoms with E-state index in [0.717, 1.165) is 48.7 Å². The van der Waals surface area contributed by atoms with E-state index in [0.29, 0.717) is 35.9 Å². The number of carbonyl (C=O) groups excluding carboxylic acids is 1. The van der Waals surface area contributed by atoms with Gasteiger partial charge in [0.25, 0.3) is 0 Å². The van der Waals surface area contributed by atoms with Crippen LogP contribution in [0.5, 0.6) is 0 Å². The van der Waals surface area contributed by atoms with Gasteiger partial charge in [0.1, 0.15) is 5.78 Å². The molecule has 4 rings (SSSR count). The molecule has 0 aliphatic heterocycles. The molecule has 4 aliphatic carbocycles. The molecular formula is C30H46O3. The van der Waals surface area contributed by atoms with Gasteiger partial charge >= 0.3 is 0 Å². The summed E-state index contributed by atoms with van der Waals surface area (Å²) < 4.78 is 0. The van der Waals surface area contributed by atoms with Crippen LogP contribution in [-0.2, 0) is 4.79 Å². The molecule has 0 spiro atoms. The van der Waals surface area contributed by atoms with Crippen molar-refractivity contribution in [1.29, 1.82) is 0 Å². The maximum Gasteiger partial charge on any atom is 0.135 e. The van der Waals surface area contributed by atoms with Gasteiger partial charge < -0.3 is 10.2 Å². The van der Waals surface area contributed by atoms with E-state index in [9.17, 15) is 15.0 Å². The number of hydrogen-bond donors (Lipinski definition) is 2. The molecular weight excluding hydrogens is 408 g/mol. The number of ketones is 1. The van der Waals surface area contributed by atoms with Crippen LogP contribution in [0, 0.1) is 29.1 Å². The van der Waals surface area contributed by atoms with E-state index in [4.69, 9.17) is 0 Å². The molecule has 0 bridgehead atoms. The second-order valence-electron chi connectivity index (χ2n) is 12.0. The van der Waals surface area contributed by atoms with Gasteiger partial charge in [0.2, 0.25) is 0 Å². The maximum atomic E-state index is 12.2. The minimum absolute atomic E-state index is 0.349. The van der Waals surface area contributed by atoms with Crippen LogP contribution >= 0.6 is 0 Å². The molecule has 4 aliphatic rings. The van der Waals surface area contributed by atoms with Crippen LogP contribution in [0.1, 0.15) is 104 Å². The molecule has 4 fully saturated rings. The van der Waals surface area contributed by atoms with E-state index in [2.05, 4.69) is 32.6 Å². The highest BCUT2D eigenvalue weighted by molar-refractivity contribution is 5.81. The number of fused-ring (bicyclic) bond motifs is 1. The Balaban J connectivity index is 1.38. The zero-order valence-corrected chi connectivity index (χ0v) is 21.0. The minimum atomic E-state index is -0.615. The average molecular weight is 455 g/mol. The van der Waals surface area contributed by atoms with E-state index < -0.39 is 12.2 Å². The molecule has 2 unspecified atom stereocenters. The largest absolute Gasteiger partial charge is 0.393 e. The van der Waals surface area contributed by atoms with Crippen LogP contribution < -0.4 is 0 Å². The molecule has 0 aromatic heterocycles. The molecule has 0 heterocycles. The lowest BCUT2D eigenvalue weighted by Crippen LogP contribution is -2.36. The van der Waals surface area contributed by atoms with Gasteiger partial charge in [-0.1, -0.05) is 57.4 Å². The molecule has 184 valence electrons. The summed E-state index contributed by atoms with van der Waals surface area (Å²) >= 11 is 0. The molecule has 4 saturated carbocycles. The van der Waals surface area contributed by atoms with Gasteiger partial charge in [-0.25, -0.2) is 0 Å². The molecule has 2 N–H and O–H groups in total. The highest BCUT2D eigenvalue weighted by Crippen LogP contribution is 2.60. The van der Waals surface area contributed by atoms with Crippen LogP contribution in [0.25, 0.3) is 0 Å². The van der Waals surface area contributed by atoms with Crippen molar-refractivity contribution in [3.05, 3.63) is 35.5 Å². The van der Waals surface area contributed by atoms with Gasteiger partial charge in [-0.15, -0.1) is 0 Å². The fourth-order valence-electron chi connectivity index (χ4n) is 7.93. The third-order valence-corrected chi connectivity index (χ3v) is 9.88. The van der Waals surface area contributed by atoms with E-state index in [1.54, 1.807) is 5.57 Å². The van der Waals surface area contributed by atoms with E-state index in [-0.39, 0.29) is 0 Å². The average Bonchev–Trinajstić information content (AvgIpc) is 3.14. The molecule has 33 heavy (non-hydrogen) atoms. The Hall–Kier alpha value is -1.19. The Morgan fingerprint density at radius 1 is 1.12 bits per heavy atom. The van der Waals surface area contributed by atoms with Crippen molar-refractivity contribution in [3.63, 3.8) is 0 Å². The Bertz CT molecular complexity index is 792. The highest BCUT2D eigenvalue weighted by atomic mass is 16.3. The first-order valence-electron chi connectivity index (χ1n) is 13.8. The van der Waals surface area contributed by atoms with Crippen LogP contribution in [0.15, 0.2) is 35.5 Å². The summed E-state index contributed by atoms with van der Waals surface area (Å²) in [5, 5.41) is 20.3. The Morgan fingerprint density at radius 3 is 2.73 bits per heavy atom. The normalized spacial score (nSPS) is 40.9. The standard InChI is InChI=1S/C30H46O3/c1-20(8-6-10-23-9-4-5-12-28(23)32)26-15-16-27-22(11-7-17-30(26,27)3)13-14-24-18-25(31)19-29(33)21(24)2/h13-14,20,23,25-27,29,31,33H,2,4-12,15-19H2,1,3H3/b22-13+,24-14-/t20-,23?,25-,26-,27?,29+,30-/m1/s1. The van der Waals surface area contributed by atoms with Crippen molar-refractivity contribution in [2.45, 2.75) is 116 Å². The second-order valence-corrected chi connectivity index (χ2v) is 12.0. The predicted molar refractivity (Wildman–Crippen MR) is 135 cm³/mol. The lowest BCUT2D eigenvalue weighted by molar-refractivity contribution is -0.124. The summed E-state index contributed by atoms with van der Waals surface area (Å²) in [5.74, 6) is 3.02. The van der Waals surface area contributed by atoms with Gasteiger partial charge in [0.15, 0.2) is 0 Å². The zero-order chi connectivity index (χ0) is 23.6. The minimum Gasteiger partial charge on any atom is -0.393 e. The summed E-state index contributed by atoms with van der Waals surface area (Å²) in [6, 6.07) is 0. The van der Waals surface area contributed by atoms with Crippen LogP contribution in [0.2, 0.25) is 0 Å². The predicted octanol–water partition coefficient (Wildman–Crippen LogP) is 6.69. The van der Waals surface area contributed by atoms with Crippen molar-refractivity contribution in [2.24, 2.45) is 29.1 Å². The first-order chi connectivity index (χ1) is 15.8. The first kappa shape index (κ1) is 24.9. The highest BCUT2D eigenvalue weighted by Gasteiger charge is 2.50. The molecule has 3 nitrogen and oxygen atoms in total. The van der Waals surface area contributed by atoms with Gasteiger partial charge in [0, 0.05) is 18.8 Å². The molecule has 0 aromatic rings. The zero-order valence-electron chi connectivity index (χ0n) is 21.0. The molecule has 0 amide bonds. The van der Waals surface area contributed by atoms with E-state index in [1.807, 2.05) is 0 Å². The first-order valence-corrected chi connectivity index (χ1v) is 13.8. The van der Waals surface area contributed by atoms with Crippen LogP contribution in [0.3, 0.4) is 0 Å². The fourth-order valence-corrected chi connectivity index (χ4v) is 7.93. The number of hydrogen-bond acceptors (Lipinski definition) is 3. The van der Waals surface area contributed by atoms with Gasteiger partial charge in [-0.05, 0) is 92.1 Å². The lowest BCUT2D eigenvalue weighted by atomic mass is 9.60. The van der Waals surface area contributed by atoms with E-state index >= 15 is 0 Å². The molecule has 0 radical (unpaired) electrons. The van der Waals surface area contributed by atoms with Crippen molar-refractivity contribution in [2.75, 3.05) is 0 Å². The third-order valence-electron chi connectivity index (χ3n) is 9.88. The second kappa shape index (κ2) is 10.6. The maximum absolute atomic E-state index is 12.2. The molecule has 3 heteroatoms. The summed E-state index contributed by atoms with van der Waals surface area (Å²) in [4.78, 5) is 12.2. The molecule has 7 atom stereocenters. The smallest absolute Gasteiger partial charge is 0.135 e. The Labute approximate surface area is 201 Å². The van der Waals surface area contributed by atoms with Crippen molar-refractivity contribution < 1.29 is 15.0 Å². The monoisotopic (exact) mass is 454 g/mol. The van der Waals surface area contributed by atoms with Gasteiger partial charge in [0.05, 0.1) is 12.2 Å². The van der Waals surface area contributed by atoms with Crippen molar-refractivity contribution >= 4 is 5.78 Å². The molecule has 0 saturated heterocycles. The number of aliphatic hydroxyl groups is 2. The number of aliphatic hydroxyl groups excluding tert-OH is 2. The topological polar surface area (TPSA) is 57.5 Å². The van der Waals surface area contributed by atoms with Crippen molar-refractivity contribution in [1.82, 2.24) is 0 Å². The summed E-state index contributed by atoms with van der Waals surface area (Å²) in [7, 11) is 0. The number of Topliss-reactive ketones (excluding diaryl/α,β-unsaturated/α-hetero) is 1. The van der Waals surface area contributed by atoms with Crippen molar-refractivity contribution in [3.8, 4) is 0 Å². The van der Waals surface area contributed by atoms with Crippen LogP contribution in [0.4, 0.5) is 0 Å². The Morgan fingerprint density at radius 2 is 1.94 bits per heavy atom. The quantitative estimate of drug-likeness (QED) is 0.470. The number of allylic oxidation sites excluding steroid dienone is 3.